The van der Waals surface area contributed by atoms with Crippen LogP contribution in [0.5, 0.6) is 0 Å². The lowest BCUT2D eigenvalue weighted by molar-refractivity contribution is 0.490. The molecule has 0 aliphatic heterocycles. The van der Waals surface area contributed by atoms with Crippen molar-refractivity contribution >= 4 is 0 Å². The molecule has 0 aliphatic rings. The third kappa shape index (κ3) is 1.94. The van der Waals surface area contributed by atoms with Gasteiger partial charge in [-0.3, -0.25) is 4.68 Å². The van der Waals surface area contributed by atoms with Crippen LogP contribution in [0.1, 0.15) is 11.3 Å². The van der Waals surface area contributed by atoms with Gasteiger partial charge in [-0.2, -0.15) is 5.10 Å². The Labute approximate surface area is 91.5 Å². The number of benzene rings is 1. The van der Waals surface area contributed by atoms with E-state index in [1.54, 1.807) is 16.9 Å². The van der Waals surface area contributed by atoms with E-state index in [2.05, 4.69) is 5.10 Å². The zero-order valence-electron chi connectivity index (χ0n) is 8.53. The maximum atomic E-state index is 13.4. The van der Waals surface area contributed by atoms with Gasteiger partial charge < -0.3 is 5.73 Å². The summed E-state index contributed by atoms with van der Waals surface area (Å²) in [6, 6.07) is 5.84. The fourth-order valence-electron chi connectivity index (χ4n) is 1.51. The molecule has 0 saturated carbocycles. The van der Waals surface area contributed by atoms with Gasteiger partial charge in [0.1, 0.15) is 0 Å². The zero-order valence-corrected chi connectivity index (χ0v) is 8.53. The van der Waals surface area contributed by atoms with Crippen molar-refractivity contribution in [2.24, 2.45) is 5.73 Å². The van der Waals surface area contributed by atoms with Crippen LogP contribution in [0, 0.1) is 11.6 Å². The highest BCUT2D eigenvalue weighted by molar-refractivity contribution is 5.19. The van der Waals surface area contributed by atoms with E-state index in [1.807, 2.05) is 0 Å². The molecule has 2 N–H and O–H groups in total. The molecule has 0 fully saturated rings. The topological polar surface area (TPSA) is 43.8 Å². The average Bonchev–Trinajstić information content (AvgIpc) is 2.72. The van der Waals surface area contributed by atoms with Gasteiger partial charge in [0.2, 0.25) is 0 Å². The molecule has 0 saturated heterocycles. The van der Waals surface area contributed by atoms with Crippen molar-refractivity contribution in [2.45, 2.75) is 13.1 Å². The molecule has 1 aromatic heterocycles. The molecule has 2 aromatic rings. The van der Waals surface area contributed by atoms with E-state index < -0.39 is 11.6 Å². The van der Waals surface area contributed by atoms with Crippen LogP contribution < -0.4 is 5.73 Å². The minimum atomic E-state index is -0.848. The third-order valence-corrected chi connectivity index (χ3v) is 2.37. The number of aromatic nitrogens is 2. The summed E-state index contributed by atoms with van der Waals surface area (Å²) < 4.78 is 27.9. The van der Waals surface area contributed by atoms with Gasteiger partial charge in [-0.25, -0.2) is 8.78 Å². The summed E-state index contributed by atoms with van der Waals surface area (Å²) in [5, 5.41) is 4.00. The minimum absolute atomic E-state index is 0.184. The van der Waals surface area contributed by atoms with Gasteiger partial charge in [0.15, 0.2) is 11.6 Å². The van der Waals surface area contributed by atoms with Gasteiger partial charge in [0.05, 0.1) is 12.2 Å². The first kappa shape index (κ1) is 10.8. The van der Waals surface area contributed by atoms with E-state index in [-0.39, 0.29) is 12.1 Å². The number of nitrogens with two attached hydrogens (primary N) is 1. The van der Waals surface area contributed by atoms with Gasteiger partial charge in [-0.05, 0) is 12.1 Å². The number of hydrogen-bond donors (Lipinski definition) is 1. The third-order valence-electron chi connectivity index (χ3n) is 2.37. The van der Waals surface area contributed by atoms with Gasteiger partial charge in [0.25, 0.3) is 0 Å². The molecule has 0 radical (unpaired) electrons. The predicted molar refractivity (Wildman–Crippen MR) is 55.6 cm³/mol. The first-order valence-electron chi connectivity index (χ1n) is 4.86. The molecule has 0 unspecified atom stereocenters. The molecule has 1 aromatic carbocycles. The molecule has 1 heterocycles. The van der Waals surface area contributed by atoms with Crippen molar-refractivity contribution in [1.29, 1.82) is 0 Å². The van der Waals surface area contributed by atoms with Crippen molar-refractivity contribution in [3.8, 4) is 0 Å². The summed E-state index contributed by atoms with van der Waals surface area (Å²) in [4.78, 5) is 0. The van der Waals surface area contributed by atoms with Crippen LogP contribution in [0.15, 0.2) is 30.5 Å². The molecule has 0 aliphatic carbocycles. The highest BCUT2D eigenvalue weighted by Crippen LogP contribution is 2.13. The van der Waals surface area contributed by atoms with Gasteiger partial charge in [0, 0.05) is 18.3 Å². The maximum absolute atomic E-state index is 13.4. The van der Waals surface area contributed by atoms with Crippen molar-refractivity contribution in [1.82, 2.24) is 9.78 Å². The maximum Gasteiger partial charge on any atom is 0.163 e. The zero-order chi connectivity index (χ0) is 11.5. The summed E-state index contributed by atoms with van der Waals surface area (Å²) in [5.41, 5.74) is 6.53. The highest BCUT2D eigenvalue weighted by Gasteiger charge is 2.09. The van der Waals surface area contributed by atoms with E-state index in [9.17, 15) is 8.78 Å². The fraction of sp³-hybridized carbons (Fsp3) is 0.182. The first-order valence-corrected chi connectivity index (χ1v) is 4.86. The van der Waals surface area contributed by atoms with E-state index in [4.69, 9.17) is 5.73 Å². The summed E-state index contributed by atoms with van der Waals surface area (Å²) in [7, 11) is 0. The van der Waals surface area contributed by atoms with E-state index >= 15 is 0 Å². The average molecular weight is 223 g/mol. The highest BCUT2D eigenvalue weighted by atomic mass is 19.2. The number of hydrogen-bond acceptors (Lipinski definition) is 2. The monoisotopic (exact) mass is 223 g/mol. The van der Waals surface area contributed by atoms with E-state index in [0.29, 0.717) is 6.54 Å². The number of rotatable bonds is 3. The predicted octanol–water partition coefficient (Wildman–Crippen LogP) is 1.67. The molecule has 0 spiro atoms. The van der Waals surface area contributed by atoms with Crippen LogP contribution in [0.25, 0.3) is 0 Å². The van der Waals surface area contributed by atoms with Crippen LogP contribution in [-0.4, -0.2) is 9.78 Å². The van der Waals surface area contributed by atoms with Crippen molar-refractivity contribution < 1.29 is 8.78 Å². The molecular weight excluding hydrogens is 212 g/mol. The summed E-state index contributed by atoms with van der Waals surface area (Å²) >= 11 is 0. The van der Waals surface area contributed by atoms with E-state index in [1.165, 1.54) is 12.1 Å². The SMILES string of the molecule is NCc1ccnn1Cc1cccc(F)c1F. The Hall–Kier alpha value is -1.75. The minimum Gasteiger partial charge on any atom is -0.325 e. The summed E-state index contributed by atoms with van der Waals surface area (Å²) in [5.74, 6) is -1.68. The molecular formula is C11H11F2N3. The lowest BCUT2D eigenvalue weighted by Gasteiger charge is -2.07. The quantitative estimate of drug-likeness (QED) is 0.860. The van der Waals surface area contributed by atoms with Crippen molar-refractivity contribution in [2.75, 3.05) is 0 Å². The second kappa shape index (κ2) is 4.40. The second-order valence-electron chi connectivity index (χ2n) is 3.40. The summed E-state index contributed by atoms with van der Waals surface area (Å²) in [6.45, 7) is 0.500. The molecule has 0 bridgehead atoms. The molecule has 16 heavy (non-hydrogen) atoms. The Bertz CT molecular complexity index is 494. The van der Waals surface area contributed by atoms with Gasteiger partial charge in [-0.15, -0.1) is 0 Å². The van der Waals surface area contributed by atoms with Crippen LogP contribution in [0.2, 0.25) is 0 Å². The molecule has 5 heteroatoms. The number of nitrogens with zero attached hydrogens (tertiary/aromatic N) is 2. The molecule has 0 amide bonds. The summed E-state index contributed by atoms with van der Waals surface area (Å²) in [6.07, 6.45) is 1.58. The lowest BCUT2D eigenvalue weighted by Crippen LogP contribution is -2.11. The van der Waals surface area contributed by atoms with Crippen LogP contribution in [0.4, 0.5) is 8.78 Å². The largest absolute Gasteiger partial charge is 0.325 e. The van der Waals surface area contributed by atoms with Gasteiger partial charge >= 0.3 is 0 Å². The van der Waals surface area contributed by atoms with Crippen LogP contribution in [0.3, 0.4) is 0 Å². The van der Waals surface area contributed by atoms with Crippen molar-refractivity contribution in [3.05, 3.63) is 53.4 Å². The molecule has 84 valence electrons. The normalized spacial score (nSPS) is 10.7. The number of halogens is 2. The Morgan fingerprint density at radius 2 is 2.06 bits per heavy atom. The standard InChI is InChI=1S/C11H11F2N3/c12-10-3-1-2-8(11(10)13)7-16-9(6-14)4-5-15-16/h1-5H,6-7,14H2. The Morgan fingerprint density at radius 1 is 1.25 bits per heavy atom. The smallest absolute Gasteiger partial charge is 0.163 e. The first-order chi connectivity index (χ1) is 7.72. The molecule has 3 nitrogen and oxygen atoms in total. The molecule has 2 rings (SSSR count). The van der Waals surface area contributed by atoms with Crippen molar-refractivity contribution in [3.63, 3.8) is 0 Å². The Balaban J connectivity index is 2.30. The lowest BCUT2D eigenvalue weighted by atomic mass is 10.2. The second-order valence-corrected chi connectivity index (χ2v) is 3.40. The fourth-order valence-corrected chi connectivity index (χ4v) is 1.51. The van der Waals surface area contributed by atoms with E-state index in [0.717, 1.165) is 11.8 Å². The molecule has 0 atom stereocenters. The Kier molecular flexibility index (Phi) is 2.96. The van der Waals surface area contributed by atoms with Gasteiger partial charge in [-0.1, -0.05) is 12.1 Å². The Morgan fingerprint density at radius 3 is 2.81 bits per heavy atom. The van der Waals surface area contributed by atoms with Crippen LogP contribution in [-0.2, 0) is 13.1 Å². The van der Waals surface area contributed by atoms with Crippen LogP contribution >= 0.6 is 0 Å².